The number of imide groups is 1. The van der Waals surface area contributed by atoms with Crippen LogP contribution in [0, 0.1) is 36.4 Å². The standard InChI is InChI=1S/C26H22FN3O2/c1-15-21(13-28-30-25(31)23-17-9-10-18(12-17)24(23)26(30)32)20-7-2-3-8-22(20)29(15)14-16-5-4-6-19(27)11-16/h2-11,13,17-18,23-24H,12,14H2,1H3. The highest BCUT2D eigenvalue weighted by atomic mass is 19.1. The molecule has 3 aliphatic rings. The zero-order valence-corrected chi connectivity index (χ0v) is 17.6. The zero-order chi connectivity index (χ0) is 22.0. The van der Waals surface area contributed by atoms with Crippen molar-refractivity contribution in [2.45, 2.75) is 19.9 Å². The highest BCUT2D eigenvalue weighted by Crippen LogP contribution is 2.52. The van der Waals surface area contributed by atoms with E-state index in [-0.39, 0.29) is 41.3 Å². The SMILES string of the molecule is Cc1c(C=NN2C(=O)C3C4C=CC(C4)C3C2=O)c2ccccc2n1Cc1cccc(F)c1. The number of rotatable bonds is 4. The van der Waals surface area contributed by atoms with Crippen LogP contribution in [0.3, 0.4) is 0 Å². The van der Waals surface area contributed by atoms with E-state index in [4.69, 9.17) is 0 Å². The molecule has 32 heavy (non-hydrogen) atoms. The Bertz CT molecular complexity index is 1310. The number of carbonyl (C=O) groups is 2. The van der Waals surface area contributed by atoms with Crippen molar-refractivity contribution < 1.29 is 14.0 Å². The number of hydrazone groups is 1. The highest BCUT2D eigenvalue weighted by molar-refractivity contribution is 6.08. The minimum Gasteiger partial charge on any atom is -0.340 e. The van der Waals surface area contributed by atoms with Gasteiger partial charge in [-0.05, 0) is 48.9 Å². The second-order valence-corrected chi connectivity index (χ2v) is 8.97. The highest BCUT2D eigenvalue weighted by Gasteiger charge is 2.59. The van der Waals surface area contributed by atoms with E-state index in [9.17, 15) is 14.0 Å². The van der Waals surface area contributed by atoms with Crippen LogP contribution in [0.15, 0.2) is 65.8 Å². The molecule has 1 saturated heterocycles. The third-order valence-electron chi connectivity index (χ3n) is 7.26. The van der Waals surface area contributed by atoms with E-state index in [2.05, 4.69) is 21.8 Å². The number of hydrogen-bond acceptors (Lipinski definition) is 3. The summed E-state index contributed by atoms with van der Waals surface area (Å²) in [4.78, 5) is 25.9. The van der Waals surface area contributed by atoms with E-state index in [0.717, 1.165) is 39.2 Å². The Balaban J connectivity index is 1.36. The first kappa shape index (κ1) is 19.2. The molecule has 1 aliphatic heterocycles. The van der Waals surface area contributed by atoms with Gasteiger partial charge in [-0.1, -0.05) is 42.5 Å². The predicted octanol–water partition coefficient (Wildman–Crippen LogP) is 4.28. The third-order valence-corrected chi connectivity index (χ3v) is 7.26. The van der Waals surface area contributed by atoms with Gasteiger partial charge in [0.15, 0.2) is 0 Å². The summed E-state index contributed by atoms with van der Waals surface area (Å²) in [5.74, 6) is -0.828. The first-order valence-electron chi connectivity index (χ1n) is 11.0. The lowest BCUT2D eigenvalue weighted by Gasteiger charge is -2.13. The average molecular weight is 427 g/mol. The maximum absolute atomic E-state index is 13.7. The Kier molecular flexibility index (Phi) is 4.18. The normalized spacial score (nSPS) is 26.2. The number of allylic oxidation sites excluding steroid dienone is 2. The Hall–Kier alpha value is -3.54. The van der Waals surface area contributed by atoms with E-state index in [1.165, 1.54) is 12.1 Å². The lowest BCUT2D eigenvalue weighted by atomic mass is 9.85. The maximum atomic E-state index is 13.7. The Morgan fingerprint density at radius 3 is 2.47 bits per heavy atom. The summed E-state index contributed by atoms with van der Waals surface area (Å²) in [6.45, 7) is 2.49. The van der Waals surface area contributed by atoms with Crippen LogP contribution in [0.4, 0.5) is 4.39 Å². The van der Waals surface area contributed by atoms with Crippen LogP contribution in [-0.2, 0) is 16.1 Å². The van der Waals surface area contributed by atoms with Crippen molar-refractivity contribution in [3.63, 3.8) is 0 Å². The number of hydrogen-bond donors (Lipinski definition) is 0. The molecule has 5 nitrogen and oxygen atoms in total. The number of amides is 2. The second-order valence-electron chi connectivity index (χ2n) is 8.97. The Morgan fingerprint density at radius 1 is 1.03 bits per heavy atom. The van der Waals surface area contributed by atoms with Gasteiger partial charge in [0.05, 0.1) is 18.1 Å². The maximum Gasteiger partial charge on any atom is 0.254 e. The average Bonchev–Trinajstić information content (AvgIpc) is 3.52. The summed E-state index contributed by atoms with van der Waals surface area (Å²) in [7, 11) is 0. The number of fused-ring (bicyclic) bond motifs is 6. The van der Waals surface area contributed by atoms with Gasteiger partial charge in [0.1, 0.15) is 5.82 Å². The summed E-state index contributed by atoms with van der Waals surface area (Å²) in [5, 5.41) is 6.45. The lowest BCUT2D eigenvalue weighted by molar-refractivity contribution is -0.140. The molecular weight excluding hydrogens is 405 g/mol. The number of benzene rings is 2. The Morgan fingerprint density at radius 2 is 1.75 bits per heavy atom. The van der Waals surface area contributed by atoms with Gasteiger partial charge in [-0.15, -0.1) is 0 Å². The van der Waals surface area contributed by atoms with Crippen molar-refractivity contribution in [3.05, 3.63) is 83.3 Å². The molecule has 3 aromatic rings. The summed E-state index contributed by atoms with van der Waals surface area (Å²) in [5.41, 5.74) is 3.66. The van der Waals surface area contributed by atoms with Crippen LogP contribution in [0.1, 0.15) is 23.2 Å². The molecule has 6 heteroatoms. The van der Waals surface area contributed by atoms with Crippen molar-refractivity contribution in [1.82, 2.24) is 9.58 Å². The van der Waals surface area contributed by atoms with Gasteiger partial charge in [-0.2, -0.15) is 10.1 Å². The van der Waals surface area contributed by atoms with Gasteiger partial charge in [0.2, 0.25) is 0 Å². The van der Waals surface area contributed by atoms with Gasteiger partial charge in [-0.25, -0.2) is 4.39 Å². The number of para-hydroxylation sites is 1. The van der Waals surface area contributed by atoms with E-state index >= 15 is 0 Å². The van der Waals surface area contributed by atoms with E-state index in [1.54, 1.807) is 12.3 Å². The molecule has 1 saturated carbocycles. The summed E-state index contributed by atoms with van der Waals surface area (Å²) in [6, 6.07) is 14.5. The molecule has 0 radical (unpaired) electrons. The summed E-state index contributed by atoms with van der Waals surface area (Å²) in [6.07, 6.45) is 6.69. The lowest BCUT2D eigenvalue weighted by Crippen LogP contribution is -2.28. The van der Waals surface area contributed by atoms with Gasteiger partial charge >= 0.3 is 0 Å². The number of aromatic nitrogens is 1. The van der Waals surface area contributed by atoms with Crippen molar-refractivity contribution in [1.29, 1.82) is 0 Å². The van der Waals surface area contributed by atoms with Crippen molar-refractivity contribution in [2.24, 2.45) is 28.8 Å². The number of nitrogens with zero attached hydrogens (tertiary/aromatic N) is 3. The van der Waals surface area contributed by atoms with Crippen LogP contribution in [0.25, 0.3) is 10.9 Å². The van der Waals surface area contributed by atoms with E-state index in [1.807, 2.05) is 37.3 Å². The van der Waals surface area contributed by atoms with Crippen molar-refractivity contribution >= 4 is 28.9 Å². The fourth-order valence-electron chi connectivity index (χ4n) is 5.76. The van der Waals surface area contributed by atoms with Gasteiger partial charge in [0.25, 0.3) is 11.8 Å². The zero-order valence-electron chi connectivity index (χ0n) is 17.6. The van der Waals surface area contributed by atoms with Crippen molar-refractivity contribution in [3.8, 4) is 0 Å². The quantitative estimate of drug-likeness (QED) is 0.355. The van der Waals surface area contributed by atoms with Gasteiger partial charge < -0.3 is 4.57 Å². The van der Waals surface area contributed by atoms with Crippen LogP contribution in [0.2, 0.25) is 0 Å². The molecule has 2 fully saturated rings. The predicted molar refractivity (Wildman–Crippen MR) is 119 cm³/mol. The largest absolute Gasteiger partial charge is 0.340 e. The van der Waals surface area contributed by atoms with Gasteiger partial charge in [-0.3, -0.25) is 9.59 Å². The molecule has 0 N–H and O–H groups in total. The van der Waals surface area contributed by atoms with Crippen LogP contribution in [0.5, 0.6) is 0 Å². The van der Waals surface area contributed by atoms with E-state index in [0.29, 0.717) is 6.54 Å². The van der Waals surface area contributed by atoms with Crippen LogP contribution in [-0.4, -0.2) is 27.6 Å². The molecule has 6 rings (SSSR count). The van der Waals surface area contributed by atoms with Crippen molar-refractivity contribution in [2.75, 3.05) is 0 Å². The molecule has 2 aliphatic carbocycles. The molecule has 2 amide bonds. The topological polar surface area (TPSA) is 54.7 Å². The monoisotopic (exact) mass is 427 g/mol. The first-order chi connectivity index (χ1) is 15.5. The molecule has 4 unspecified atom stereocenters. The minimum absolute atomic E-state index is 0.163. The molecular formula is C26H22FN3O2. The molecule has 2 heterocycles. The number of carbonyl (C=O) groups excluding carboxylic acids is 2. The molecule has 0 spiro atoms. The first-order valence-corrected chi connectivity index (χ1v) is 11.0. The second kappa shape index (κ2) is 6.99. The molecule has 160 valence electrons. The fourth-order valence-corrected chi connectivity index (χ4v) is 5.76. The molecule has 2 bridgehead atoms. The molecule has 4 atom stereocenters. The van der Waals surface area contributed by atoms with Gasteiger partial charge in [0, 0.05) is 28.7 Å². The Labute approximate surface area is 184 Å². The smallest absolute Gasteiger partial charge is 0.254 e. The summed E-state index contributed by atoms with van der Waals surface area (Å²) < 4.78 is 15.8. The van der Waals surface area contributed by atoms with Crippen LogP contribution >= 0.6 is 0 Å². The molecule has 2 aromatic carbocycles. The fraction of sp³-hybridized carbons (Fsp3) is 0.269. The number of halogens is 1. The van der Waals surface area contributed by atoms with E-state index < -0.39 is 0 Å². The van der Waals surface area contributed by atoms with Crippen LogP contribution < -0.4 is 0 Å². The summed E-state index contributed by atoms with van der Waals surface area (Å²) >= 11 is 0. The minimum atomic E-state index is -0.265. The third kappa shape index (κ3) is 2.72. The molecule has 1 aromatic heterocycles.